The summed E-state index contributed by atoms with van der Waals surface area (Å²) in [7, 11) is 2.21. The average Bonchev–Trinajstić information content (AvgIpc) is 3.16. The van der Waals surface area contributed by atoms with Crippen molar-refractivity contribution in [1.82, 2.24) is 19.7 Å². The molecule has 2 aliphatic heterocycles. The zero-order valence-electron chi connectivity index (χ0n) is 15.2. The van der Waals surface area contributed by atoms with Crippen molar-refractivity contribution in [2.75, 3.05) is 39.9 Å². The molecule has 3 heterocycles. The third-order valence-electron chi connectivity index (χ3n) is 4.95. The fraction of sp³-hybridized carbons (Fsp3) is 0.381. The Hall–Kier alpha value is -2.55. The molecule has 5 nitrogen and oxygen atoms in total. The Morgan fingerprint density at radius 1 is 1.15 bits per heavy atom. The van der Waals surface area contributed by atoms with Crippen LogP contribution in [-0.2, 0) is 6.54 Å². The van der Waals surface area contributed by atoms with Crippen LogP contribution in [0.25, 0.3) is 0 Å². The lowest BCUT2D eigenvalue weighted by Gasteiger charge is -2.42. The molecule has 0 saturated carbocycles. The SMILES string of the molecule is CN1CN(Cc2ccccc2)CC2=C1CCN(CC#Cc1ncco1)C2. The first-order valence-corrected chi connectivity index (χ1v) is 9.07. The molecule has 2 aliphatic rings. The maximum Gasteiger partial charge on any atom is 0.273 e. The van der Waals surface area contributed by atoms with Crippen LogP contribution in [-0.4, -0.2) is 59.6 Å². The topological polar surface area (TPSA) is 35.8 Å². The summed E-state index contributed by atoms with van der Waals surface area (Å²) < 4.78 is 5.17. The highest BCUT2D eigenvalue weighted by Gasteiger charge is 2.27. The Balaban J connectivity index is 1.38. The summed E-state index contributed by atoms with van der Waals surface area (Å²) in [6, 6.07) is 10.7. The first-order chi connectivity index (χ1) is 12.8. The van der Waals surface area contributed by atoms with Crippen molar-refractivity contribution in [2.24, 2.45) is 0 Å². The Bertz CT molecular complexity index is 817. The molecule has 1 aromatic carbocycles. The molecule has 0 amide bonds. The molecule has 0 fully saturated rings. The van der Waals surface area contributed by atoms with Crippen molar-refractivity contribution >= 4 is 0 Å². The summed E-state index contributed by atoms with van der Waals surface area (Å²) in [5.41, 5.74) is 4.42. The highest BCUT2D eigenvalue weighted by Crippen LogP contribution is 2.26. The Morgan fingerprint density at radius 3 is 2.81 bits per heavy atom. The van der Waals surface area contributed by atoms with E-state index >= 15 is 0 Å². The molecule has 0 radical (unpaired) electrons. The Morgan fingerprint density at radius 2 is 2.00 bits per heavy atom. The number of oxazole rings is 1. The van der Waals surface area contributed by atoms with Gasteiger partial charge in [0.1, 0.15) is 6.26 Å². The molecule has 0 atom stereocenters. The summed E-state index contributed by atoms with van der Waals surface area (Å²) in [4.78, 5) is 11.4. The zero-order chi connectivity index (χ0) is 17.8. The van der Waals surface area contributed by atoms with Crippen molar-refractivity contribution in [3.8, 4) is 11.8 Å². The third kappa shape index (κ3) is 3.98. The predicted molar refractivity (Wildman–Crippen MR) is 101 cm³/mol. The second kappa shape index (κ2) is 7.77. The Kier molecular flexibility index (Phi) is 5.05. The standard InChI is InChI=1S/C21H24N4O/c1-23-17-25(14-18-6-3-2-4-7-18)16-19-15-24(12-9-20(19)23)11-5-8-21-22-10-13-26-21/h2-4,6-7,10,13H,9,11-12,14-17H2,1H3. The lowest BCUT2D eigenvalue weighted by molar-refractivity contribution is 0.137. The van der Waals surface area contributed by atoms with E-state index in [1.54, 1.807) is 12.5 Å². The van der Waals surface area contributed by atoms with Crippen LogP contribution in [0.15, 0.2) is 58.5 Å². The third-order valence-corrected chi connectivity index (χ3v) is 4.95. The molecular weight excluding hydrogens is 324 g/mol. The first kappa shape index (κ1) is 16.9. The van der Waals surface area contributed by atoms with Gasteiger partial charge in [0.15, 0.2) is 0 Å². The van der Waals surface area contributed by atoms with Gasteiger partial charge < -0.3 is 9.32 Å². The molecule has 2 aromatic rings. The lowest BCUT2D eigenvalue weighted by Crippen LogP contribution is -2.47. The van der Waals surface area contributed by atoms with E-state index < -0.39 is 0 Å². The summed E-state index contributed by atoms with van der Waals surface area (Å²) in [5, 5.41) is 0. The minimum atomic E-state index is 0.494. The largest absolute Gasteiger partial charge is 0.439 e. The van der Waals surface area contributed by atoms with E-state index in [1.807, 2.05) is 0 Å². The number of benzene rings is 1. The highest BCUT2D eigenvalue weighted by molar-refractivity contribution is 5.24. The second-order valence-electron chi connectivity index (χ2n) is 6.96. The van der Waals surface area contributed by atoms with Gasteiger partial charge in [-0.05, 0) is 17.1 Å². The normalized spacial score (nSPS) is 18.4. The number of hydrogen-bond acceptors (Lipinski definition) is 5. The predicted octanol–water partition coefficient (Wildman–Crippen LogP) is 2.39. The van der Waals surface area contributed by atoms with E-state index in [4.69, 9.17) is 4.42 Å². The molecule has 5 heteroatoms. The van der Waals surface area contributed by atoms with Crippen LogP contribution >= 0.6 is 0 Å². The van der Waals surface area contributed by atoms with E-state index in [0.29, 0.717) is 5.89 Å². The summed E-state index contributed by atoms with van der Waals surface area (Å²) >= 11 is 0. The van der Waals surface area contributed by atoms with Gasteiger partial charge in [0.05, 0.1) is 19.4 Å². The van der Waals surface area contributed by atoms with Gasteiger partial charge >= 0.3 is 0 Å². The van der Waals surface area contributed by atoms with E-state index in [9.17, 15) is 0 Å². The molecule has 0 saturated heterocycles. The number of rotatable bonds is 3. The van der Waals surface area contributed by atoms with Crippen molar-refractivity contribution in [3.05, 3.63) is 65.5 Å². The Labute approximate surface area is 154 Å². The minimum absolute atomic E-state index is 0.494. The zero-order valence-corrected chi connectivity index (χ0v) is 15.2. The molecular formula is C21H24N4O. The van der Waals surface area contributed by atoms with E-state index in [1.165, 1.54) is 16.8 Å². The van der Waals surface area contributed by atoms with Gasteiger partial charge in [-0.15, -0.1) is 0 Å². The van der Waals surface area contributed by atoms with Gasteiger partial charge in [-0.2, -0.15) is 0 Å². The molecule has 0 spiro atoms. The summed E-state index contributed by atoms with van der Waals surface area (Å²) in [6.45, 7) is 5.83. The van der Waals surface area contributed by atoms with E-state index in [2.05, 4.69) is 68.9 Å². The molecule has 0 N–H and O–H groups in total. The number of aromatic nitrogens is 1. The highest BCUT2D eigenvalue weighted by atomic mass is 16.3. The molecule has 26 heavy (non-hydrogen) atoms. The fourth-order valence-electron chi connectivity index (χ4n) is 3.78. The minimum Gasteiger partial charge on any atom is -0.439 e. The molecule has 0 aliphatic carbocycles. The van der Waals surface area contributed by atoms with Crippen LogP contribution in [0.3, 0.4) is 0 Å². The van der Waals surface area contributed by atoms with E-state index in [0.717, 1.165) is 45.8 Å². The molecule has 4 rings (SSSR count). The first-order valence-electron chi connectivity index (χ1n) is 9.07. The lowest BCUT2D eigenvalue weighted by atomic mass is 10.0. The van der Waals surface area contributed by atoms with Crippen molar-refractivity contribution < 1.29 is 4.42 Å². The van der Waals surface area contributed by atoms with Crippen LogP contribution < -0.4 is 0 Å². The quantitative estimate of drug-likeness (QED) is 0.796. The van der Waals surface area contributed by atoms with Crippen LogP contribution in [0, 0.1) is 11.8 Å². The molecule has 134 valence electrons. The average molecular weight is 348 g/mol. The number of hydrogen-bond donors (Lipinski definition) is 0. The van der Waals surface area contributed by atoms with Gasteiger partial charge in [-0.3, -0.25) is 9.80 Å². The van der Waals surface area contributed by atoms with Gasteiger partial charge in [0.25, 0.3) is 5.89 Å². The van der Waals surface area contributed by atoms with Gasteiger partial charge in [0.2, 0.25) is 0 Å². The van der Waals surface area contributed by atoms with Gasteiger partial charge in [-0.25, -0.2) is 4.98 Å². The monoisotopic (exact) mass is 348 g/mol. The van der Waals surface area contributed by atoms with Crippen molar-refractivity contribution in [1.29, 1.82) is 0 Å². The smallest absolute Gasteiger partial charge is 0.273 e. The van der Waals surface area contributed by atoms with Gasteiger partial charge in [-0.1, -0.05) is 36.3 Å². The van der Waals surface area contributed by atoms with Crippen LogP contribution in [0.5, 0.6) is 0 Å². The molecule has 0 unspecified atom stereocenters. The summed E-state index contributed by atoms with van der Waals surface area (Å²) in [6.07, 6.45) is 4.29. The van der Waals surface area contributed by atoms with E-state index in [-0.39, 0.29) is 0 Å². The van der Waals surface area contributed by atoms with Crippen LogP contribution in [0.4, 0.5) is 0 Å². The molecule has 0 bridgehead atoms. The second-order valence-corrected chi connectivity index (χ2v) is 6.96. The maximum atomic E-state index is 5.17. The van der Waals surface area contributed by atoms with Crippen LogP contribution in [0.1, 0.15) is 17.9 Å². The van der Waals surface area contributed by atoms with Crippen LogP contribution in [0.2, 0.25) is 0 Å². The number of nitrogens with zero attached hydrogens (tertiary/aromatic N) is 4. The van der Waals surface area contributed by atoms with Crippen molar-refractivity contribution in [2.45, 2.75) is 13.0 Å². The van der Waals surface area contributed by atoms with Gasteiger partial charge in [0, 0.05) is 45.3 Å². The molecule has 1 aromatic heterocycles. The van der Waals surface area contributed by atoms with Crippen molar-refractivity contribution in [3.63, 3.8) is 0 Å². The summed E-state index contributed by atoms with van der Waals surface area (Å²) in [5.74, 6) is 6.67. The maximum absolute atomic E-state index is 5.17. The fourth-order valence-corrected chi connectivity index (χ4v) is 3.78.